The zero-order chi connectivity index (χ0) is 19.0. The van der Waals surface area contributed by atoms with Gasteiger partial charge in [0.15, 0.2) is 11.6 Å². The van der Waals surface area contributed by atoms with Crippen molar-refractivity contribution in [3.63, 3.8) is 0 Å². The molecule has 2 aliphatic heterocycles. The first-order valence-electron chi connectivity index (χ1n) is 9.68. The molecule has 5 heteroatoms. The number of aromatic nitrogens is 2. The van der Waals surface area contributed by atoms with Gasteiger partial charge in [-0.2, -0.15) is 0 Å². The third-order valence-electron chi connectivity index (χ3n) is 5.72. The molecule has 0 aliphatic carbocycles. The van der Waals surface area contributed by atoms with Crippen molar-refractivity contribution in [2.75, 3.05) is 18.0 Å². The highest BCUT2D eigenvalue weighted by Crippen LogP contribution is 2.39. The van der Waals surface area contributed by atoms with Crippen LogP contribution in [0.15, 0.2) is 66.7 Å². The van der Waals surface area contributed by atoms with Crippen molar-refractivity contribution in [3.05, 3.63) is 72.3 Å². The first-order chi connectivity index (χ1) is 13.7. The maximum absolute atomic E-state index is 12.6. The van der Waals surface area contributed by atoms with Crippen LogP contribution < -0.4 is 9.64 Å². The lowest BCUT2D eigenvalue weighted by atomic mass is 9.82. The van der Waals surface area contributed by atoms with Gasteiger partial charge in [-0.05, 0) is 24.3 Å². The van der Waals surface area contributed by atoms with Crippen molar-refractivity contribution < 1.29 is 9.53 Å². The summed E-state index contributed by atoms with van der Waals surface area (Å²) in [7, 11) is 0. The highest BCUT2D eigenvalue weighted by atomic mass is 16.5. The van der Waals surface area contributed by atoms with Gasteiger partial charge in [0.05, 0.1) is 17.7 Å². The lowest BCUT2D eigenvalue weighted by Crippen LogP contribution is -2.51. The predicted octanol–water partition coefficient (Wildman–Crippen LogP) is 4.15. The maximum Gasteiger partial charge on any atom is 0.170 e. The fourth-order valence-electron chi connectivity index (χ4n) is 4.12. The molecule has 1 saturated heterocycles. The van der Waals surface area contributed by atoms with E-state index in [1.54, 1.807) is 0 Å². The fourth-order valence-corrected chi connectivity index (χ4v) is 4.12. The van der Waals surface area contributed by atoms with Crippen LogP contribution in [0.1, 0.15) is 29.6 Å². The van der Waals surface area contributed by atoms with Gasteiger partial charge >= 0.3 is 0 Å². The summed E-state index contributed by atoms with van der Waals surface area (Å²) in [5.74, 6) is 1.78. The van der Waals surface area contributed by atoms with E-state index in [9.17, 15) is 4.79 Å². The Morgan fingerprint density at radius 1 is 0.857 bits per heavy atom. The summed E-state index contributed by atoms with van der Waals surface area (Å²) in [6, 6.07) is 21.6. The Kier molecular flexibility index (Phi) is 4.08. The number of carbonyl (C=O) groups is 1. The third kappa shape index (κ3) is 3.03. The molecule has 1 spiro atoms. The number of Topliss-reactive ketones (excluding diaryl/α,β-unsaturated/α-hetero) is 1. The van der Waals surface area contributed by atoms with Gasteiger partial charge in [0.1, 0.15) is 11.4 Å². The zero-order valence-corrected chi connectivity index (χ0v) is 15.5. The fraction of sp³-hybridized carbons (Fsp3) is 0.261. The molecule has 5 rings (SSSR count). The molecule has 0 atom stereocenters. The molecular formula is C23H21N3O2. The molecule has 28 heavy (non-hydrogen) atoms. The highest BCUT2D eigenvalue weighted by molar-refractivity contribution is 6.00. The van der Waals surface area contributed by atoms with Gasteiger partial charge < -0.3 is 9.64 Å². The van der Waals surface area contributed by atoms with E-state index in [0.717, 1.165) is 48.8 Å². The number of rotatable bonds is 2. The lowest BCUT2D eigenvalue weighted by Gasteiger charge is -2.44. The molecular weight excluding hydrogens is 350 g/mol. The molecule has 0 saturated carbocycles. The number of fused-ring (bicyclic) bond motifs is 1. The number of nitrogens with zero attached hydrogens (tertiary/aromatic N) is 3. The largest absolute Gasteiger partial charge is 0.486 e. The SMILES string of the molecule is O=C1CC2(CCN(c3ccc(-c4ccccc4)nn3)CC2)Oc2ccccc21. The smallest absolute Gasteiger partial charge is 0.170 e. The second-order valence-electron chi connectivity index (χ2n) is 7.51. The van der Waals surface area contributed by atoms with Crippen molar-refractivity contribution in [3.8, 4) is 17.0 Å². The van der Waals surface area contributed by atoms with Gasteiger partial charge in [-0.25, -0.2) is 0 Å². The zero-order valence-electron chi connectivity index (χ0n) is 15.5. The second-order valence-corrected chi connectivity index (χ2v) is 7.51. The Bertz CT molecular complexity index is 994. The van der Waals surface area contributed by atoms with Gasteiger partial charge in [-0.1, -0.05) is 42.5 Å². The summed E-state index contributed by atoms with van der Waals surface area (Å²) in [5, 5.41) is 8.82. The summed E-state index contributed by atoms with van der Waals surface area (Å²) in [6.07, 6.45) is 2.06. The van der Waals surface area contributed by atoms with Crippen molar-refractivity contribution in [1.82, 2.24) is 10.2 Å². The molecule has 2 aliphatic rings. The van der Waals surface area contributed by atoms with Gasteiger partial charge in [0.25, 0.3) is 0 Å². The number of hydrogen-bond donors (Lipinski definition) is 0. The number of hydrogen-bond acceptors (Lipinski definition) is 5. The van der Waals surface area contributed by atoms with Gasteiger partial charge in [-0.15, -0.1) is 10.2 Å². The van der Waals surface area contributed by atoms with Crippen molar-refractivity contribution in [1.29, 1.82) is 0 Å². The standard InChI is InChI=1S/C23H21N3O2/c27-20-16-23(28-21-9-5-4-8-18(20)21)12-14-26(15-13-23)22-11-10-19(24-25-22)17-6-2-1-3-7-17/h1-11H,12-16H2. The van der Waals surface area contributed by atoms with Crippen LogP contribution in [-0.4, -0.2) is 34.7 Å². The number of anilines is 1. The molecule has 140 valence electrons. The summed E-state index contributed by atoms with van der Waals surface area (Å²) < 4.78 is 6.31. The molecule has 0 N–H and O–H groups in total. The van der Waals surface area contributed by atoms with Crippen LogP contribution in [0.5, 0.6) is 5.75 Å². The van der Waals surface area contributed by atoms with Gasteiger partial charge in [0.2, 0.25) is 0 Å². The molecule has 1 aromatic heterocycles. The van der Waals surface area contributed by atoms with E-state index in [-0.39, 0.29) is 11.4 Å². The predicted molar refractivity (Wildman–Crippen MR) is 108 cm³/mol. The summed E-state index contributed by atoms with van der Waals surface area (Å²) in [5.41, 5.74) is 2.25. The molecule has 0 unspecified atom stereocenters. The molecule has 2 aromatic carbocycles. The van der Waals surface area contributed by atoms with Crippen LogP contribution >= 0.6 is 0 Å². The second kappa shape index (κ2) is 6.75. The number of para-hydroxylation sites is 1. The minimum absolute atomic E-state index is 0.183. The van der Waals surface area contributed by atoms with E-state index in [0.29, 0.717) is 12.0 Å². The van der Waals surface area contributed by atoms with Crippen molar-refractivity contribution >= 4 is 11.6 Å². The van der Waals surface area contributed by atoms with Crippen LogP contribution in [0.4, 0.5) is 5.82 Å². The Morgan fingerprint density at radius 3 is 2.36 bits per heavy atom. The summed E-state index contributed by atoms with van der Waals surface area (Å²) in [4.78, 5) is 14.8. The average molecular weight is 371 g/mol. The normalized spacial score (nSPS) is 17.9. The molecule has 3 aromatic rings. The van der Waals surface area contributed by atoms with Crippen molar-refractivity contribution in [2.45, 2.75) is 24.9 Å². The van der Waals surface area contributed by atoms with Crippen LogP contribution in [-0.2, 0) is 0 Å². The monoisotopic (exact) mass is 371 g/mol. The number of ether oxygens (including phenoxy) is 1. The number of ketones is 1. The Balaban J connectivity index is 1.29. The molecule has 0 bridgehead atoms. The lowest BCUT2D eigenvalue weighted by molar-refractivity contribution is 0.0231. The quantitative estimate of drug-likeness (QED) is 0.677. The Labute approximate surface area is 164 Å². The van der Waals surface area contributed by atoms with E-state index >= 15 is 0 Å². The third-order valence-corrected chi connectivity index (χ3v) is 5.72. The number of benzene rings is 2. The van der Waals surface area contributed by atoms with E-state index in [4.69, 9.17) is 4.74 Å². The summed E-state index contributed by atoms with van der Waals surface area (Å²) >= 11 is 0. The summed E-state index contributed by atoms with van der Waals surface area (Å²) in [6.45, 7) is 1.60. The van der Waals surface area contributed by atoms with Crippen LogP contribution in [0.2, 0.25) is 0 Å². The topological polar surface area (TPSA) is 55.3 Å². The van der Waals surface area contributed by atoms with E-state index < -0.39 is 0 Å². The van der Waals surface area contributed by atoms with E-state index in [1.807, 2.05) is 66.7 Å². The number of piperidine rings is 1. The minimum Gasteiger partial charge on any atom is -0.486 e. The molecule has 0 amide bonds. The number of carbonyl (C=O) groups excluding carboxylic acids is 1. The maximum atomic E-state index is 12.6. The minimum atomic E-state index is -0.390. The average Bonchev–Trinajstić information content (AvgIpc) is 2.75. The molecule has 1 fully saturated rings. The molecule has 3 heterocycles. The van der Waals surface area contributed by atoms with Crippen LogP contribution in [0.3, 0.4) is 0 Å². The van der Waals surface area contributed by atoms with E-state index in [2.05, 4.69) is 15.1 Å². The highest BCUT2D eigenvalue weighted by Gasteiger charge is 2.43. The Hall–Kier alpha value is -3.21. The first-order valence-corrected chi connectivity index (χ1v) is 9.68. The molecule has 0 radical (unpaired) electrons. The molecule has 5 nitrogen and oxygen atoms in total. The van der Waals surface area contributed by atoms with Crippen molar-refractivity contribution in [2.24, 2.45) is 0 Å². The van der Waals surface area contributed by atoms with Crippen LogP contribution in [0, 0.1) is 0 Å². The van der Waals surface area contributed by atoms with Gasteiger partial charge in [-0.3, -0.25) is 4.79 Å². The van der Waals surface area contributed by atoms with Crippen LogP contribution in [0.25, 0.3) is 11.3 Å². The van der Waals surface area contributed by atoms with E-state index in [1.165, 1.54) is 0 Å². The van der Waals surface area contributed by atoms with Gasteiger partial charge in [0, 0.05) is 31.5 Å². The first kappa shape index (κ1) is 16.9. The Morgan fingerprint density at radius 2 is 1.61 bits per heavy atom.